The third-order valence-corrected chi connectivity index (χ3v) is 6.66. The predicted octanol–water partition coefficient (Wildman–Crippen LogP) is 2.54. The summed E-state index contributed by atoms with van der Waals surface area (Å²) in [5, 5.41) is 0. The van der Waals surface area contributed by atoms with Gasteiger partial charge in [-0.15, -0.1) is 0 Å². The van der Waals surface area contributed by atoms with Gasteiger partial charge in [0, 0.05) is 63.7 Å². The predicted molar refractivity (Wildman–Crippen MR) is 111 cm³/mol. The van der Waals surface area contributed by atoms with Crippen LogP contribution in [-0.4, -0.2) is 71.5 Å². The highest BCUT2D eigenvalue weighted by Gasteiger charge is 2.40. The number of aromatic nitrogens is 2. The Morgan fingerprint density at radius 2 is 1.75 bits per heavy atom. The van der Waals surface area contributed by atoms with Gasteiger partial charge < -0.3 is 14.7 Å². The van der Waals surface area contributed by atoms with Gasteiger partial charge >= 0.3 is 0 Å². The summed E-state index contributed by atoms with van der Waals surface area (Å²) in [5.41, 5.74) is 1.16. The van der Waals surface area contributed by atoms with Crippen LogP contribution in [0.3, 0.4) is 0 Å². The molecular weight excluding hydrogens is 350 g/mol. The molecule has 3 fully saturated rings. The van der Waals surface area contributed by atoms with E-state index in [2.05, 4.69) is 51.5 Å². The van der Waals surface area contributed by atoms with Gasteiger partial charge in [0.15, 0.2) is 0 Å². The molecule has 1 amide bonds. The minimum absolute atomic E-state index is 0.0504. The molecule has 4 heterocycles. The summed E-state index contributed by atoms with van der Waals surface area (Å²) in [5.74, 6) is 2.87. The van der Waals surface area contributed by atoms with E-state index in [-0.39, 0.29) is 5.41 Å². The second-order valence-corrected chi connectivity index (χ2v) is 9.89. The smallest absolute Gasteiger partial charge is 0.222 e. The molecule has 0 radical (unpaired) electrons. The first-order valence-electron chi connectivity index (χ1n) is 11.0. The maximum absolute atomic E-state index is 12.2. The molecule has 0 aliphatic carbocycles. The first-order chi connectivity index (χ1) is 13.4. The van der Waals surface area contributed by atoms with Crippen LogP contribution in [0.15, 0.2) is 12.4 Å². The summed E-state index contributed by atoms with van der Waals surface area (Å²) in [6, 6.07) is 2.17. The number of carbonyl (C=O) groups is 1. The number of amides is 1. The zero-order valence-corrected chi connectivity index (χ0v) is 17.7. The second-order valence-electron chi connectivity index (χ2n) is 9.89. The summed E-state index contributed by atoms with van der Waals surface area (Å²) >= 11 is 0. The lowest BCUT2D eigenvalue weighted by atomic mass is 9.92. The van der Waals surface area contributed by atoms with E-state index in [1.807, 2.05) is 0 Å². The van der Waals surface area contributed by atoms with E-state index < -0.39 is 0 Å². The highest BCUT2D eigenvalue weighted by molar-refractivity contribution is 5.76. The number of rotatable bonds is 4. The molecule has 1 aromatic heterocycles. The summed E-state index contributed by atoms with van der Waals surface area (Å²) in [4.78, 5) is 28.3. The highest BCUT2D eigenvalue weighted by Crippen LogP contribution is 2.34. The van der Waals surface area contributed by atoms with Crippen LogP contribution in [0.1, 0.15) is 52.1 Å². The van der Waals surface area contributed by atoms with Crippen molar-refractivity contribution in [3.8, 4) is 0 Å². The first kappa shape index (κ1) is 19.6. The van der Waals surface area contributed by atoms with Crippen molar-refractivity contribution in [3.63, 3.8) is 0 Å². The Balaban J connectivity index is 1.29. The Labute approximate surface area is 169 Å². The molecule has 0 N–H and O–H groups in total. The van der Waals surface area contributed by atoms with Gasteiger partial charge in [0.05, 0.1) is 5.69 Å². The minimum atomic E-state index is 0.0504. The van der Waals surface area contributed by atoms with Crippen LogP contribution in [0.5, 0.6) is 0 Å². The van der Waals surface area contributed by atoms with Crippen LogP contribution >= 0.6 is 0 Å². The number of fused-ring (bicyclic) bond motifs is 1. The molecule has 3 saturated heterocycles. The standard InChI is InChI=1S/C22H35N5O/c1-22(2,3)19-11-20(24-16-23-19)27-14-17-12-25(13-18(17)15-27)9-10-26-8-6-4-5-7-21(26)28/h11,16-18H,4-10,12-15H2,1-3H3. The maximum atomic E-state index is 12.2. The van der Waals surface area contributed by atoms with Gasteiger partial charge in [-0.05, 0) is 24.7 Å². The summed E-state index contributed by atoms with van der Waals surface area (Å²) in [7, 11) is 0. The van der Waals surface area contributed by atoms with Crippen LogP contribution in [0.25, 0.3) is 0 Å². The van der Waals surface area contributed by atoms with Gasteiger partial charge in [0.1, 0.15) is 12.1 Å². The fourth-order valence-electron chi connectivity index (χ4n) is 4.93. The number of hydrogen-bond acceptors (Lipinski definition) is 5. The molecule has 0 spiro atoms. The van der Waals surface area contributed by atoms with Crippen molar-refractivity contribution in [2.75, 3.05) is 50.7 Å². The lowest BCUT2D eigenvalue weighted by molar-refractivity contribution is -0.130. The Bertz CT molecular complexity index is 686. The molecule has 2 unspecified atom stereocenters. The van der Waals surface area contributed by atoms with Gasteiger partial charge in [-0.3, -0.25) is 4.79 Å². The second kappa shape index (κ2) is 7.97. The SMILES string of the molecule is CC(C)(C)c1cc(N2CC3CN(CCN4CCCCCC4=O)CC3C2)ncn1. The molecule has 6 nitrogen and oxygen atoms in total. The van der Waals surface area contributed by atoms with Crippen molar-refractivity contribution < 1.29 is 4.79 Å². The normalized spacial score (nSPS) is 26.6. The number of nitrogens with zero attached hydrogens (tertiary/aromatic N) is 5. The zero-order valence-electron chi connectivity index (χ0n) is 17.7. The Kier molecular flexibility index (Phi) is 5.59. The first-order valence-corrected chi connectivity index (χ1v) is 11.0. The van der Waals surface area contributed by atoms with E-state index in [1.54, 1.807) is 6.33 Å². The van der Waals surface area contributed by atoms with Crippen molar-refractivity contribution >= 4 is 11.7 Å². The quantitative estimate of drug-likeness (QED) is 0.797. The minimum Gasteiger partial charge on any atom is -0.356 e. The number of carbonyl (C=O) groups excluding carboxylic acids is 1. The van der Waals surface area contributed by atoms with Gasteiger partial charge in [-0.2, -0.15) is 0 Å². The molecule has 0 aromatic carbocycles. The van der Waals surface area contributed by atoms with Gasteiger partial charge in [0.2, 0.25) is 5.91 Å². The largest absolute Gasteiger partial charge is 0.356 e. The van der Waals surface area contributed by atoms with Crippen LogP contribution in [0, 0.1) is 11.8 Å². The fraction of sp³-hybridized carbons (Fsp3) is 0.773. The summed E-state index contributed by atoms with van der Waals surface area (Å²) in [6.07, 6.45) is 5.90. The average Bonchev–Trinajstić information content (AvgIpc) is 3.15. The van der Waals surface area contributed by atoms with E-state index in [1.165, 1.54) is 12.8 Å². The molecule has 3 aliphatic rings. The van der Waals surface area contributed by atoms with Crippen molar-refractivity contribution in [1.29, 1.82) is 0 Å². The Morgan fingerprint density at radius 3 is 2.46 bits per heavy atom. The number of anilines is 1. The molecule has 3 aliphatic heterocycles. The van der Waals surface area contributed by atoms with Crippen molar-refractivity contribution in [1.82, 2.24) is 19.8 Å². The van der Waals surface area contributed by atoms with E-state index >= 15 is 0 Å². The molecule has 4 rings (SSSR count). The number of likely N-dealkylation sites (tertiary alicyclic amines) is 2. The molecule has 154 valence electrons. The van der Waals surface area contributed by atoms with Gasteiger partial charge in [-0.25, -0.2) is 9.97 Å². The van der Waals surface area contributed by atoms with Crippen LogP contribution in [0.4, 0.5) is 5.82 Å². The van der Waals surface area contributed by atoms with Gasteiger partial charge in [-0.1, -0.05) is 27.2 Å². The molecule has 1 aromatic rings. The summed E-state index contributed by atoms with van der Waals surface area (Å²) < 4.78 is 0. The fourth-order valence-corrected chi connectivity index (χ4v) is 4.93. The highest BCUT2D eigenvalue weighted by atomic mass is 16.2. The molecule has 6 heteroatoms. The van der Waals surface area contributed by atoms with E-state index in [4.69, 9.17) is 0 Å². The lowest BCUT2D eigenvalue weighted by Crippen LogP contribution is -2.39. The Morgan fingerprint density at radius 1 is 1.00 bits per heavy atom. The van der Waals surface area contributed by atoms with Crippen molar-refractivity contribution in [2.24, 2.45) is 11.8 Å². The third-order valence-electron chi connectivity index (χ3n) is 6.66. The molecule has 28 heavy (non-hydrogen) atoms. The van der Waals surface area contributed by atoms with Crippen molar-refractivity contribution in [3.05, 3.63) is 18.1 Å². The lowest BCUT2D eigenvalue weighted by Gasteiger charge is -2.26. The van der Waals surface area contributed by atoms with E-state index in [9.17, 15) is 4.79 Å². The van der Waals surface area contributed by atoms with Crippen LogP contribution in [-0.2, 0) is 10.2 Å². The van der Waals surface area contributed by atoms with E-state index in [0.717, 1.165) is 70.2 Å². The zero-order chi connectivity index (χ0) is 19.7. The van der Waals surface area contributed by atoms with Gasteiger partial charge in [0.25, 0.3) is 0 Å². The molecular formula is C22H35N5O. The topological polar surface area (TPSA) is 52.6 Å². The maximum Gasteiger partial charge on any atom is 0.222 e. The van der Waals surface area contributed by atoms with Crippen LogP contribution < -0.4 is 4.90 Å². The monoisotopic (exact) mass is 385 g/mol. The summed E-state index contributed by atoms with van der Waals surface area (Å²) in [6.45, 7) is 14.0. The van der Waals surface area contributed by atoms with Crippen LogP contribution in [0.2, 0.25) is 0 Å². The van der Waals surface area contributed by atoms with E-state index in [0.29, 0.717) is 17.7 Å². The number of hydrogen-bond donors (Lipinski definition) is 0. The molecule has 2 atom stereocenters. The third kappa shape index (κ3) is 4.32. The Hall–Kier alpha value is -1.69. The molecule has 0 saturated carbocycles. The average molecular weight is 386 g/mol. The van der Waals surface area contributed by atoms with Crippen molar-refractivity contribution in [2.45, 2.75) is 51.9 Å². The molecule has 0 bridgehead atoms.